The summed E-state index contributed by atoms with van der Waals surface area (Å²) >= 11 is 0. The second kappa shape index (κ2) is 6.86. The van der Waals surface area contributed by atoms with Gasteiger partial charge in [0.1, 0.15) is 7.85 Å². The molecular weight excluding hydrogens is 472 g/mol. The molecule has 2 atom stereocenters. The van der Waals surface area contributed by atoms with Crippen molar-refractivity contribution in [1.82, 2.24) is 3.97 Å². The second-order valence-electron chi connectivity index (χ2n) is 9.65. The lowest BCUT2D eigenvalue weighted by molar-refractivity contribution is -0.211. The highest BCUT2D eigenvalue weighted by Gasteiger charge is 2.81. The smallest absolute Gasteiger partial charge is 0.250 e. The topological polar surface area (TPSA) is 39.1 Å². The molecule has 2 aliphatic carbocycles. The maximum absolute atomic E-state index is 14.7. The van der Waals surface area contributed by atoms with E-state index in [0.717, 1.165) is 10.9 Å². The van der Waals surface area contributed by atoms with E-state index in [-0.39, 0.29) is 34.4 Å². The molecular formula is C24H21BF5NO2S. The van der Waals surface area contributed by atoms with Gasteiger partial charge in [-0.25, -0.2) is 12.4 Å². The number of aromatic nitrogens is 1. The van der Waals surface area contributed by atoms with Crippen molar-refractivity contribution in [2.75, 3.05) is 0 Å². The molecule has 2 unspecified atom stereocenters. The van der Waals surface area contributed by atoms with Gasteiger partial charge in [0.15, 0.2) is 0 Å². The van der Waals surface area contributed by atoms with E-state index >= 15 is 0 Å². The molecule has 0 N–H and O–H groups in total. The third kappa shape index (κ3) is 3.03. The standard InChI is InChI=1S/C24H21BF5NO2S/c1-14-4-3-5-19-20(14)17(18-12-23(27,28)24(29,30)22(18)10-11-22)13-31(19)34(32,33)16-8-6-15(7-9-16)21(2,25)26/h3-9,13,18H,10-12H2,1-2H3. The average Bonchev–Trinajstić information content (AvgIpc) is 3.43. The van der Waals surface area contributed by atoms with E-state index < -0.39 is 45.2 Å². The maximum atomic E-state index is 14.7. The van der Waals surface area contributed by atoms with Gasteiger partial charge in [0.25, 0.3) is 10.0 Å². The number of nitrogens with zero attached hydrogens (tertiary/aromatic N) is 1. The predicted molar refractivity (Wildman–Crippen MR) is 119 cm³/mol. The molecule has 3 nitrogen and oxygen atoms in total. The first-order valence-corrected chi connectivity index (χ1v) is 12.3. The van der Waals surface area contributed by atoms with Gasteiger partial charge in [-0.15, -0.1) is 0 Å². The summed E-state index contributed by atoms with van der Waals surface area (Å²) in [5.74, 6) is -9.54. The van der Waals surface area contributed by atoms with Crippen LogP contribution in [0.4, 0.5) is 22.0 Å². The number of rotatable bonds is 4. The summed E-state index contributed by atoms with van der Waals surface area (Å²) < 4.78 is 100. The Morgan fingerprint density at radius 2 is 1.68 bits per heavy atom. The number of aryl methyl sites for hydroxylation is 1. The molecule has 10 heteroatoms. The first kappa shape index (κ1) is 23.4. The summed E-state index contributed by atoms with van der Waals surface area (Å²) in [6, 6.07) is 9.73. The fourth-order valence-electron chi connectivity index (χ4n) is 5.37. The zero-order valence-corrected chi connectivity index (χ0v) is 19.3. The molecule has 34 heavy (non-hydrogen) atoms. The van der Waals surface area contributed by atoms with Gasteiger partial charge in [0.2, 0.25) is 0 Å². The van der Waals surface area contributed by atoms with Crippen LogP contribution in [0.15, 0.2) is 53.6 Å². The van der Waals surface area contributed by atoms with Crippen LogP contribution in [-0.2, 0) is 15.6 Å². The van der Waals surface area contributed by atoms with Crippen molar-refractivity contribution < 1.29 is 30.4 Å². The van der Waals surface area contributed by atoms with E-state index in [2.05, 4.69) is 0 Å². The Hall–Kier alpha value is -2.36. The Morgan fingerprint density at radius 1 is 1.06 bits per heavy atom. The summed E-state index contributed by atoms with van der Waals surface area (Å²) in [6.45, 7) is 2.82. The van der Waals surface area contributed by atoms with Crippen molar-refractivity contribution in [3.05, 3.63) is 65.4 Å². The quantitative estimate of drug-likeness (QED) is 0.329. The molecule has 2 saturated carbocycles. The fourth-order valence-corrected chi connectivity index (χ4v) is 6.74. The summed E-state index contributed by atoms with van der Waals surface area (Å²) in [4.78, 5) is -0.173. The number of fused-ring (bicyclic) bond motifs is 1. The molecule has 2 radical (unpaired) electrons. The van der Waals surface area contributed by atoms with Crippen molar-refractivity contribution >= 4 is 28.8 Å². The van der Waals surface area contributed by atoms with Crippen molar-refractivity contribution in [3.63, 3.8) is 0 Å². The van der Waals surface area contributed by atoms with Crippen LogP contribution < -0.4 is 0 Å². The molecule has 3 aromatic rings. The number of alkyl halides is 5. The molecule has 0 bridgehead atoms. The van der Waals surface area contributed by atoms with Crippen LogP contribution in [0.5, 0.6) is 0 Å². The minimum atomic E-state index is -4.25. The molecule has 0 saturated heterocycles. The van der Waals surface area contributed by atoms with Crippen molar-refractivity contribution in [1.29, 1.82) is 0 Å². The maximum Gasteiger partial charge on any atom is 0.316 e. The van der Waals surface area contributed by atoms with Crippen LogP contribution in [0, 0.1) is 12.3 Å². The van der Waals surface area contributed by atoms with Gasteiger partial charge in [-0.3, -0.25) is 4.39 Å². The van der Waals surface area contributed by atoms with Crippen molar-refractivity contribution in [3.8, 4) is 0 Å². The van der Waals surface area contributed by atoms with Gasteiger partial charge in [0, 0.05) is 29.3 Å². The van der Waals surface area contributed by atoms with Gasteiger partial charge in [-0.1, -0.05) is 24.3 Å². The Labute approximate surface area is 195 Å². The summed E-state index contributed by atoms with van der Waals surface area (Å²) in [5, 5.41) is 0.380. The first-order valence-electron chi connectivity index (χ1n) is 10.8. The van der Waals surface area contributed by atoms with Gasteiger partial charge in [-0.2, -0.15) is 17.6 Å². The molecule has 2 fully saturated rings. The zero-order chi connectivity index (χ0) is 24.9. The number of halogens is 5. The van der Waals surface area contributed by atoms with Crippen LogP contribution >= 0.6 is 0 Å². The molecule has 2 aromatic carbocycles. The zero-order valence-electron chi connectivity index (χ0n) is 18.5. The minimum absolute atomic E-state index is 0.0475. The molecule has 178 valence electrons. The predicted octanol–water partition coefficient (Wildman–Crippen LogP) is 6.04. The number of hydrogen-bond donors (Lipinski definition) is 0. The van der Waals surface area contributed by atoms with Crippen LogP contribution in [0.2, 0.25) is 0 Å². The number of hydrogen-bond acceptors (Lipinski definition) is 2. The van der Waals surface area contributed by atoms with Crippen LogP contribution in [0.1, 0.15) is 48.8 Å². The van der Waals surface area contributed by atoms with Gasteiger partial charge < -0.3 is 0 Å². The summed E-state index contributed by atoms with van der Waals surface area (Å²) in [7, 11) is 1.17. The molecule has 0 amide bonds. The molecule has 0 aliphatic heterocycles. The van der Waals surface area contributed by atoms with E-state index in [1.54, 1.807) is 19.1 Å². The Morgan fingerprint density at radius 3 is 2.24 bits per heavy atom. The van der Waals surface area contributed by atoms with E-state index in [9.17, 15) is 30.4 Å². The molecule has 2 aliphatic rings. The van der Waals surface area contributed by atoms with Crippen LogP contribution in [0.3, 0.4) is 0 Å². The third-order valence-electron chi connectivity index (χ3n) is 7.39. The SMILES string of the molecule is [B]C(C)(F)c1ccc(S(=O)(=O)n2cc(C3CC(F)(F)C(F)(F)C34CC4)c3c(C)cccc32)cc1. The molecule has 1 heterocycles. The van der Waals surface area contributed by atoms with Crippen molar-refractivity contribution in [2.24, 2.45) is 5.41 Å². The van der Waals surface area contributed by atoms with Gasteiger partial charge >= 0.3 is 11.8 Å². The monoisotopic (exact) mass is 493 g/mol. The Bertz CT molecular complexity index is 1400. The Balaban J connectivity index is 1.69. The molecule has 5 rings (SSSR count). The van der Waals surface area contributed by atoms with E-state index in [1.165, 1.54) is 36.5 Å². The largest absolute Gasteiger partial charge is 0.316 e. The molecule has 1 spiro atoms. The molecule has 1 aromatic heterocycles. The third-order valence-corrected chi connectivity index (χ3v) is 9.07. The highest BCUT2D eigenvalue weighted by Crippen LogP contribution is 2.75. The lowest BCUT2D eigenvalue weighted by atomic mass is 9.79. The van der Waals surface area contributed by atoms with E-state index in [1.807, 2.05) is 0 Å². The summed E-state index contributed by atoms with van der Waals surface area (Å²) in [5.41, 5.74) is -2.97. The van der Waals surface area contributed by atoms with Crippen LogP contribution in [0.25, 0.3) is 10.9 Å². The Kier molecular flexibility index (Phi) is 4.72. The minimum Gasteiger partial charge on any atom is -0.250 e. The van der Waals surface area contributed by atoms with Crippen LogP contribution in [-0.4, -0.2) is 32.1 Å². The van der Waals surface area contributed by atoms with E-state index in [4.69, 9.17) is 7.85 Å². The van der Waals surface area contributed by atoms with Gasteiger partial charge in [-0.05, 0) is 61.6 Å². The van der Waals surface area contributed by atoms with Gasteiger partial charge in [0.05, 0.1) is 16.0 Å². The lowest BCUT2D eigenvalue weighted by Crippen LogP contribution is -2.40. The van der Waals surface area contributed by atoms with E-state index in [0.29, 0.717) is 10.9 Å². The average molecular weight is 493 g/mol. The fraction of sp³-hybridized carbons (Fsp3) is 0.417. The highest BCUT2D eigenvalue weighted by molar-refractivity contribution is 7.90. The number of benzene rings is 2. The second-order valence-corrected chi connectivity index (χ2v) is 11.5. The lowest BCUT2D eigenvalue weighted by Gasteiger charge is -2.25. The normalized spacial score (nSPS) is 24.4. The first-order chi connectivity index (χ1) is 15.6. The van der Waals surface area contributed by atoms with Crippen molar-refractivity contribution in [2.45, 2.75) is 61.3 Å². The summed E-state index contributed by atoms with van der Waals surface area (Å²) in [6.07, 6.45) is 0.0569. The highest BCUT2D eigenvalue weighted by atomic mass is 32.2.